The number of nitrogens with one attached hydrogen (secondary N) is 1. The summed E-state index contributed by atoms with van der Waals surface area (Å²) in [5, 5.41) is 24.0. The number of aromatic hydroxyl groups is 2. The van der Waals surface area contributed by atoms with Gasteiger partial charge in [-0.15, -0.1) is 0 Å². The van der Waals surface area contributed by atoms with Gasteiger partial charge < -0.3 is 15.5 Å². The molecule has 3 rings (SSSR count). The number of phenolic OH excluding ortho intramolecular Hbond substituents is 2. The number of carbonyl (C=O) groups is 1. The maximum atomic E-state index is 13.3. The molecule has 0 amide bonds. The number of phenols is 2. The molecule has 0 aromatic heterocycles. The van der Waals surface area contributed by atoms with Gasteiger partial charge in [0.15, 0.2) is 5.78 Å². The van der Waals surface area contributed by atoms with Gasteiger partial charge in [-0.05, 0) is 73.7 Å². The zero-order chi connectivity index (χ0) is 25.4. The fraction of sp³-hybridized carbons (Fsp3) is 0.414. The Labute approximate surface area is 209 Å². The first-order valence-corrected chi connectivity index (χ1v) is 12.6. The Morgan fingerprint density at radius 1 is 0.743 bits per heavy atom. The molecular formula is C29H39N3O3. The molecule has 1 aliphatic heterocycles. The van der Waals surface area contributed by atoms with Crippen molar-refractivity contribution in [3.63, 3.8) is 0 Å². The molecule has 188 valence electrons. The van der Waals surface area contributed by atoms with Crippen molar-refractivity contribution >= 4 is 17.9 Å². The summed E-state index contributed by atoms with van der Waals surface area (Å²) in [4.78, 5) is 17.8. The van der Waals surface area contributed by atoms with Crippen LogP contribution in [0.1, 0.15) is 49.9 Å². The normalized spacial score (nSPS) is 16.7. The Hall–Kier alpha value is -2.93. The second-order valence-electron chi connectivity index (χ2n) is 8.97. The lowest BCUT2D eigenvalue weighted by molar-refractivity contribution is -0.112. The summed E-state index contributed by atoms with van der Waals surface area (Å²) in [6.07, 6.45) is 3.83. The lowest BCUT2D eigenvalue weighted by Crippen LogP contribution is -2.32. The molecule has 1 heterocycles. The monoisotopic (exact) mass is 477 g/mol. The average Bonchev–Trinajstić information content (AvgIpc) is 2.86. The molecule has 35 heavy (non-hydrogen) atoms. The predicted molar refractivity (Wildman–Crippen MR) is 143 cm³/mol. The van der Waals surface area contributed by atoms with E-state index < -0.39 is 0 Å². The number of benzene rings is 2. The van der Waals surface area contributed by atoms with Crippen LogP contribution in [0.4, 0.5) is 0 Å². The molecule has 0 bridgehead atoms. The molecular weight excluding hydrogens is 438 g/mol. The van der Waals surface area contributed by atoms with Gasteiger partial charge in [0.05, 0.1) is 0 Å². The molecule has 0 radical (unpaired) electrons. The largest absolute Gasteiger partial charge is 0.508 e. The van der Waals surface area contributed by atoms with Crippen LogP contribution in [0, 0.1) is 0 Å². The van der Waals surface area contributed by atoms with Gasteiger partial charge in [0.2, 0.25) is 0 Å². The smallest absolute Gasteiger partial charge is 0.187 e. The van der Waals surface area contributed by atoms with E-state index in [9.17, 15) is 15.0 Å². The van der Waals surface area contributed by atoms with Gasteiger partial charge in [0.1, 0.15) is 11.5 Å². The van der Waals surface area contributed by atoms with Gasteiger partial charge in [-0.1, -0.05) is 39.8 Å². The first kappa shape index (κ1) is 26.7. The molecule has 6 nitrogen and oxygen atoms in total. The van der Waals surface area contributed by atoms with E-state index in [2.05, 4.69) is 42.8 Å². The first-order chi connectivity index (χ1) is 16.9. The zero-order valence-corrected chi connectivity index (χ0v) is 21.5. The van der Waals surface area contributed by atoms with E-state index in [0.29, 0.717) is 37.3 Å². The number of hydrogen-bond donors (Lipinski definition) is 3. The third-order valence-electron chi connectivity index (χ3n) is 6.68. The number of hydrogen-bond acceptors (Lipinski definition) is 6. The van der Waals surface area contributed by atoms with Crippen LogP contribution in [0.25, 0.3) is 12.2 Å². The van der Waals surface area contributed by atoms with Crippen molar-refractivity contribution in [3.8, 4) is 11.5 Å². The quantitative estimate of drug-likeness (QED) is 0.440. The van der Waals surface area contributed by atoms with Crippen LogP contribution >= 0.6 is 0 Å². The summed E-state index contributed by atoms with van der Waals surface area (Å²) in [5.74, 6) is 0.585. The SMILES string of the molecule is CCN(CC)Cc1cc(/C=C2\CNC/C(=C\c3ccc(O)c(CN(CC)CC)c3)C2=O)ccc1O. The summed E-state index contributed by atoms with van der Waals surface area (Å²) < 4.78 is 0. The standard InChI is InChI=1S/C29H39N3O3/c1-5-31(6-2)19-25-15-21(9-11-27(25)33)13-23-17-30-18-24(29(23)35)14-22-10-12-28(34)26(16-22)20-32(7-3)8-4/h9-16,30,33-34H,5-8,17-20H2,1-4H3/b23-13+,24-14+. The second kappa shape index (κ2) is 12.7. The van der Waals surface area contributed by atoms with Gasteiger partial charge in [-0.2, -0.15) is 0 Å². The van der Waals surface area contributed by atoms with Crippen molar-refractivity contribution in [2.24, 2.45) is 0 Å². The van der Waals surface area contributed by atoms with Crippen LogP contribution in [0.15, 0.2) is 47.5 Å². The number of Topliss-reactive ketones (excluding diaryl/α,β-unsaturated/α-hetero) is 1. The molecule has 6 heteroatoms. The van der Waals surface area contributed by atoms with Crippen molar-refractivity contribution in [2.75, 3.05) is 39.3 Å². The maximum Gasteiger partial charge on any atom is 0.187 e. The van der Waals surface area contributed by atoms with E-state index in [-0.39, 0.29) is 17.3 Å². The number of piperidine rings is 1. The molecule has 0 unspecified atom stereocenters. The summed E-state index contributed by atoms with van der Waals surface area (Å²) in [6, 6.07) is 11.0. The van der Waals surface area contributed by atoms with Gasteiger partial charge >= 0.3 is 0 Å². The van der Waals surface area contributed by atoms with Crippen LogP contribution in [-0.2, 0) is 17.9 Å². The molecule has 0 atom stereocenters. The number of ketones is 1. The Morgan fingerprint density at radius 3 is 1.51 bits per heavy atom. The molecule has 3 N–H and O–H groups in total. The van der Waals surface area contributed by atoms with Gasteiger partial charge in [0.25, 0.3) is 0 Å². The molecule has 0 saturated carbocycles. The van der Waals surface area contributed by atoms with E-state index in [1.807, 2.05) is 36.4 Å². The Bertz CT molecular complexity index is 999. The summed E-state index contributed by atoms with van der Waals surface area (Å²) in [6.45, 7) is 14.4. The van der Waals surface area contributed by atoms with Crippen molar-refractivity contribution < 1.29 is 15.0 Å². The first-order valence-electron chi connectivity index (χ1n) is 12.6. The van der Waals surface area contributed by atoms with E-state index in [1.165, 1.54) is 0 Å². The van der Waals surface area contributed by atoms with Crippen molar-refractivity contribution in [1.29, 1.82) is 0 Å². The van der Waals surface area contributed by atoms with Crippen LogP contribution in [0.2, 0.25) is 0 Å². The minimum absolute atomic E-state index is 0.0282. The van der Waals surface area contributed by atoms with Crippen LogP contribution < -0.4 is 5.32 Å². The summed E-state index contributed by atoms with van der Waals surface area (Å²) >= 11 is 0. The zero-order valence-electron chi connectivity index (χ0n) is 21.5. The highest BCUT2D eigenvalue weighted by Gasteiger charge is 2.20. The van der Waals surface area contributed by atoms with Crippen molar-refractivity contribution in [3.05, 3.63) is 69.8 Å². The van der Waals surface area contributed by atoms with Crippen molar-refractivity contribution in [1.82, 2.24) is 15.1 Å². The number of rotatable bonds is 10. The Balaban J connectivity index is 1.84. The molecule has 1 saturated heterocycles. The fourth-order valence-electron chi connectivity index (χ4n) is 4.35. The van der Waals surface area contributed by atoms with E-state index in [0.717, 1.165) is 48.4 Å². The molecule has 0 aliphatic carbocycles. The molecule has 1 fully saturated rings. The lowest BCUT2D eigenvalue weighted by atomic mass is 9.95. The summed E-state index contributed by atoms with van der Waals surface area (Å²) in [7, 11) is 0. The van der Waals surface area contributed by atoms with Gasteiger partial charge in [0, 0.05) is 48.5 Å². The molecule has 0 spiro atoms. The van der Waals surface area contributed by atoms with E-state index in [4.69, 9.17) is 0 Å². The predicted octanol–water partition coefficient (Wildman–Crippen LogP) is 4.42. The third-order valence-corrected chi connectivity index (χ3v) is 6.68. The van der Waals surface area contributed by atoms with Crippen LogP contribution in [0.3, 0.4) is 0 Å². The highest BCUT2D eigenvalue weighted by molar-refractivity contribution is 6.14. The maximum absolute atomic E-state index is 13.3. The number of carbonyl (C=O) groups excluding carboxylic acids is 1. The second-order valence-corrected chi connectivity index (χ2v) is 8.97. The number of nitrogens with zero attached hydrogens (tertiary/aromatic N) is 2. The molecule has 2 aromatic rings. The minimum atomic E-state index is 0.0282. The minimum Gasteiger partial charge on any atom is -0.508 e. The third kappa shape index (κ3) is 7.04. The van der Waals surface area contributed by atoms with Crippen molar-refractivity contribution in [2.45, 2.75) is 40.8 Å². The molecule has 1 aliphatic rings. The van der Waals surface area contributed by atoms with Crippen LogP contribution in [-0.4, -0.2) is 65.1 Å². The topological polar surface area (TPSA) is 76.0 Å². The highest BCUT2D eigenvalue weighted by Crippen LogP contribution is 2.25. The van der Waals surface area contributed by atoms with E-state index >= 15 is 0 Å². The Kier molecular flexibility index (Phi) is 9.66. The highest BCUT2D eigenvalue weighted by atomic mass is 16.3. The summed E-state index contributed by atoms with van der Waals surface area (Å²) in [5.41, 5.74) is 4.93. The van der Waals surface area contributed by atoms with Crippen LogP contribution in [0.5, 0.6) is 11.5 Å². The average molecular weight is 478 g/mol. The Morgan fingerprint density at radius 2 is 1.14 bits per heavy atom. The van der Waals surface area contributed by atoms with E-state index in [1.54, 1.807) is 12.1 Å². The van der Waals surface area contributed by atoms with Gasteiger partial charge in [-0.25, -0.2) is 0 Å². The fourth-order valence-corrected chi connectivity index (χ4v) is 4.35. The molecule has 2 aromatic carbocycles. The van der Waals surface area contributed by atoms with Gasteiger partial charge in [-0.3, -0.25) is 14.6 Å². The lowest BCUT2D eigenvalue weighted by Gasteiger charge is -2.20.